The number of carbonyl (C=O) groups is 4. The van der Waals surface area contributed by atoms with E-state index in [2.05, 4.69) is 41.4 Å². The minimum Gasteiger partial charge on any atom is -0.379 e. The summed E-state index contributed by atoms with van der Waals surface area (Å²) >= 11 is 1.50. The van der Waals surface area contributed by atoms with Gasteiger partial charge in [0.2, 0.25) is 23.6 Å². The summed E-state index contributed by atoms with van der Waals surface area (Å²) in [5, 5.41) is 9.08. The summed E-state index contributed by atoms with van der Waals surface area (Å²) in [5.74, 6) is -1.63. The van der Waals surface area contributed by atoms with Gasteiger partial charge in [-0.2, -0.15) is 0 Å². The molecule has 15 heteroatoms. The highest BCUT2D eigenvalue weighted by Gasteiger charge is 2.43. The van der Waals surface area contributed by atoms with E-state index in [4.69, 9.17) is 14.2 Å². The largest absolute Gasteiger partial charge is 0.379 e. The number of carbonyl (C=O) groups excluding carboxylic acids is 4. The van der Waals surface area contributed by atoms with Crippen molar-refractivity contribution in [2.75, 3.05) is 68.2 Å². The lowest BCUT2D eigenvalue weighted by atomic mass is 9.93. The molecule has 1 aliphatic rings. The molecule has 2 aromatic rings. The Morgan fingerprint density at radius 2 is 1.55 bits per heavy atom. The maximum absolute atomic E-state index is 14.6. The van der Waals surface area contributed by atoms with Gasteiger partial charge in [-0.1, -0.05) is 76.6 Å². The molecule has 3 rings (SSSR count). The molecule has 2 heterocycles. The van der Waals surface area contributed by atoms with E-state index in [0.717, 1.165) is 29.1 Å². The van der Waals surface area contributed by atoms with E-state index >= 15 is 0 Å². The maximum atomic E-state index is 14.6. The summed E-state index contributed by atoms with van der Waals surface area (Å²) in [6, 6.07) is 7.88. The van der Waals surface area contributed by atoms with E-state index in [9.17, 15) is 19.2 Å². The second kappa shape index (κ2) is 27.0. The average molecular weight is 912 g/mol. The molecule has 64 heavy (non-hydrogen) atoms. The van der Waals surface area contributed by atoms with Crippen LogP contribution >= 0.6 is 11.3 Å². The summed E-state index contributed by atoms with van der Waals surface area (Å²) in [4.78, 5) is 69.2. The fourth-order valence-corrected chi connectivity index (χ4v) is 9.41. The van der Waals surface area contributed by atoms with Gasteiger partial charge < -0.3 is 39.5 Å². The first-order valence-corrected chi connectivity index (χ1v) is 24.0. The zero-order valence-corrected chi connectivity index (χ0v) is 42.2. The number of aromatic nitrogens is 1. The van der Waals surface area contributed by atoms with Gasteiger partial charge >= 0.3 is 0 Å². The fourth-order valence-electron chi connectivity index (χ4n) is 8.72. The molecule has 0 saturated carbocycles. The smallest absolute Gasteiger partial charge is 0.245 e. The maximum Gasteiger partial charge on any atom is 0.245 e. The molecule has 360 valence electrons. The summed E-state index contributed by atoms with van der Waals surface area (Å²) < 4.78 is 18.1. The summed E-state index contributed by atoms with van der Waals surface area (Å²) in [6.07, 6.45) is 4.44. The topological polar surface area (TPSA) is 146 Å². The first-order chi connectivity index (χ1) is 30.4. The number of allylic oxidation sites excluding steroid dienone is 1. The second-order valence-electron chi connectivity index (χ2n) is 18.4. The molecule has 1 aliphatic heterocycles. The Morgan fingerprint density at radius 3 is 2.09 bits per heavy atom. The number of likely N-dealkylation sites (N-methyl/N-ethyl adjacent to an activating group) is 3. The number of rotatable bonds is 27. The van der Waals surface area contributed by atoms with Crippen LogP contribution in [0.3, 0.4) is 0 Å². The van der Waals surface area contributed by atoms with E-state index in [1.807, 2.05) is 107 Å². The lowest BCUT2D eigenvalue weighted by molar-refractivity contribution is -0.145. The lowest BCUT2D eigenvalue weighted by Gasteiger charge is -2.39. The van der Waals surface area contributed by atoms with Crippen molar-refractivity contribution in [1.82, 2.24) is 35.2 Å². The van der Waals surface area contributed by atoms with E-state index < -0.39 is 36.3 Å². The molecule has 14 nitrogen and oxygen atoms in total. The molecule has 1 aromatic carbocycles. The van der Waals surface area contributed by atoms with Crippen LogP contribution in [0.25, 0.3) is 0 Å². The molecule has 1 aromatic heterocycles. The Bertz CT molecular complexity index is 1740. The predicted molar refractivity (Wildman–Crippen MR) is 256 cm³/mol. The monoisotopic (exact) mass is 912 g/mol. The number of thiazole rings is 1. The van der Waals surface area contributed by atoms with Gasteiger partial charge in [-0.05, 0) is 78.5 Å². The van der Waals surface area contributed by atoms with E-state index in [-0.39, 0.29) is 54.0 Å². The van der Waals surface area contributed by atoms with Crippen molar-refractivity contribution in [2.45, 2.75) is 136 Å². The summed E-state index contributed by atoms with van der Waals surface area (Å²) in [6.45, 7) is 20.8. The number of ether oxygens (including phenoxy) is 3. The van der Waals surface area contributed by atoms with Gasteiger partial charge in [0, 0.05) is 58.5 Å². The number of amides is 4. The van der Waals surface area contributed by atoms with E-state index in [1.54, 1.807) is 32.4 Å². The zero-order valence-electron chi connectivity index (χ0n) is 41.3. The Morgan fingerprint density at radius 1 is 0.891 bits per heavy atom. The van der Waals surface area contributed by atoms with Crippen LogP contribution in [0.1, 0.15) is 98.2 Å². The summed E-state index contributed by atoms with van der Waals surface area (Å²) in [7, 11) is 8.86. The number of nitrogens with one attached hydrogen (secondary N) is 2. The minimum atomic E-state index is -0.823. The second-order valence-corrected chi connectivity index (χ2v) is 19.3. The van der Waals surface area contributed by atoms with Crippen LogP contribution in [0.4, 0.5) is 0 Å². The van der Waals surface area contributed by atoms with Gasteiger partial charge in [0.15, 0.2) is 0 Å². The molecule has 8 atom stereocenters. The molecule has 0 radical (unpaired) electrons. The Balaban J connectivity index is 1.74. The first kappa shape index (κ1) is 54.6. The molecule has 0 aliphatic carbocycles. The number of nitrogens with zero attached hydrogens (tertiary/aromatic N) is 5. The Labute approximate surface area is 388 Å². The summed E-state index contributed by atoms with van der Waals surface area (Å²) in [5.41, 5.74) is 1.94. The van der Waals surface area contributed by atoms with Crippen LogP contribution < -0.4 is 10.6 Å². The van der Waals surface area contributed by atoms with Crippen LogP contribution in [0, 0.1) is 17.8 Å². The van der Waals surface area contributed by atoms with Crippen LogP contribution in [-0.4, -0.2) is 159 Å². The number of benzene rings is 1. The minimum absolute atomic E-state index is 0.00454. The molecule has 0 bridgehead atoms. The van der Waals surface area contributed by atoms with Crippen LogP contribution in [0.15, 0.2) is 53.6 Å². The number of hydrogen-bond acceptors (Lipinski definition) is 11. The lowest BCUT2D eigenvalue weighted by Crippen LogP contribution is -2.59. The van der Waals surface area contributed by atoms with Crippen molar-refractivity contribution in [2.24, 2.45) is 17.8 Å². The van der Waals surface area contributed by atoms with Crippen molar-refractivity contribution >= 4 is 35.0 Å². The fraction of sp³-hybridized carbons (Fsp3) is 0.694. The van der Waals surface area contributed by atoms with Crippen molar-refractivity contribution in [3.8, 4) is 0 Å². The van der Waals surface area contributed by atoms with E-state index in [1.165, 1.54) is 11.3 Å². The van der Waals surface area contributed by atoms with Gasteiger partial charge in [0.1, 0.15) is 11.0 Å². The predicted octanol–water partition coefficient (Wildman–Crippen LogP) is 5.84. The van der Waals surface area contributed by atoms with Crippen molar-refractivity contribution in [3.63, 3.8) is 0 Å². The first-order valence-electron chi connectivity index (χ1n) is 23.1. The molecule has 0 spiro atoms. The van der Waals surface area contributed by atoms with E-state index in [0.29, 0.717) is 45.2 Å². The molecular formula is C49H81N7O7S. The Kier molecular flexibility index (Phi) is 23.1. The Hall–Kier alpha value is -3.73. The van der Waals surface area contributed by atoms with Crippen molar-refractivity contribution < 1.29 is 33.4 Å². The third-order valence-electron chi connectivity index (χ3n) is 12.9. The number of hydrogen-bond donors (Lipinski definition) is 2. The highest BCUT2D eigenvalue weighted by atomic mass is 32.1. The standard InChI is InChI=1S/C49H81N7O7S/c1-15-35(8)44(55(12)49(60)42(32(2)3)52-47(59)43(33(4)5)54(11)26-28-63-27-25-53(10)34(6)7)40(61-13)31-41(57)56-24-19-22-39(56)45(62-14)36(9)46(58)51-38(48-50-23-29-64-48)30-37-20-17-16-18-21-37/h15-18,20-21,23,29,32-34,36,38-40,42-45H,19,22,24-28,30-31H2,1-14H3,(H,51,58)(H,52,59)/b35-15-/t36-,38+,39+,40-,42+,43+,44+,45-/m1/s1. The third-order valence-corrected chi connectivity index (χ3v) is 13.8. The van der Waals surface area contributed by atoms with Crippen LogP contribution in [-0.2, 0) is 39.8 Å². The highest BCUT2D eigenvalue weighted by molar-refractivity contribution is 7.09. The van der Waals surface area contributed by atoms with Gasteiger partial charge in [-0.15, -0.1) is 11.3 Å². The molecular weight excluding hydrogens is 831 g/mol. The molecule has 4 amide bonds. The van der Waals surface area contributed by atoms with Gasteiger partial charge in [0.25, 0.3) is 0 Å². The molecule has 2 N–H and O–H groups in total. The third kappa shape index (κ3) is 15.4. The normalized spacial score (nSPS) is 18.0. The SMILES string of the molecule is C/C=C(/C)[C@@H]([C@@H](CC(=O)N1CCC[C@H]1[C@H](OC)[C@@H](C)C(=O)N[C@@H](Cc1ccccc1)c1nccs1)OC)N(C)C(=O)[C@@H](NC(=O)[C@H](C(C)C)N(C)CCOCCN(C)C(C)C)C(C)C. The van der Waals surface area contributed by atoms with Gasteiger partial charge in [-0.3, -0.25) is 24.1 Å². The molecule has 1 fully saturated rings. The molecule has 1 saturated heterocycles. The number of methoxy groups -OCH3 is 2. The quantitative estimate of drug-likeness (QED) is 0.0829. The van der Waals surface area contributed by atoms with Crippen molar-refractivity contribution in [3.05, 3.63) is 64.1 Å². The highest BCUT2D eigenvalue weighted by Crippen LogP contribution is 2.30. The zero-order chi connectivity index (χ0) is 47.7. The van der Waals surface area contributed by atoms with Crippen LogP contribution in [0.5, 0.6) is 0 Å². The number of likely N-dealkylation sites (tertiary alicyclic amines) is 1. The van der Waals surface area contributed by atoms with Gasteiger partial charge in [-0.25, -0.2) is 4.98 Å². The van der Waals surface area contributed by atoms with Gasteiger partial charge in [0.05, 0.1) is 61.9 Å². The van der Waals surface area contributed by atoms with Crippen LogP contribution in [0.2, 0.25) is 0 Å². The average Bonchev–Trinajstić information content (AvgIpc) is 3.99. The molecule has 0 unspecified atom stereocenters. The van der Waals surface area contributed by atoms with Crippen molar-refractivity contribution in [1.29, 1.82) is 0 Å².